The molecule has 2 fully saturated rings. The number of hydrogen-bond donors (Lipinski definition) is 1. The first-order valence-corrected chi connectivity index (χ1v) is 8.19. The van der Waals surface area contributed by atoms with Crippen LogP contribution in [0.15, 0.2) is 0 Å². The van der Waals surface area contributed by atoms with E-state index in [2.05, 4.69) is 30.8 Å². The second-order valence-corrected chi connectivity index (χ2v) is 7.11. The molecular weight excluding hydrogens is 234 g/mol. The molecule has 2 N–H and O–H groups in total. The largest absolute Gasteiger partial charge is 0.329 e. The highest BCUT2D eigenvalue weighted by molar-refractivity contribution is 4.96. The van der Waals surface area contributed by atoms with Crippen LogP contribution in [0.5, 0.6) is 0 Å². The zero-order valence-corrected chi connectivity index (χ0v) is 13.2. The molecule has 0 spiro atoms. The van der Waals surface area contributed by atoms with Crippen LogP contribution in [0.1, 0.15) is 51.9 Å². The van der Waals surface area contributed by atoms with Gasteiger partial charge in [-0.25, -0.2) is 0 Å². The molecule has 0 aromatic rings. The Kier molecular flexibility index (Phi) is 5.27. The average Bonchev–Trinajstić information content (AvgIpc) is 2.61. The fourth-order valence-corrected chi connectivity index (χ4v) is 4.03. The first-order chi connectivity index (χ1) is 9.07. The summed E-state index contributed by atoms with van der Waals surface area (Å²) in [7, 11) is 4.58. The number of rotatable bonds is 3. The van der Waals surface area contributed by atoms with Gasteiger partial charge in [-0.2, -0.15) is 0 Å². The summed E-state index contributed by atoms with van der Waals surface area (Å²) in [6.45, 7) is 5.73. The van der Waals surface area contributed by atoms with Crippen LogP contribution in [-0.4, -0.2) is 55.1 Å². The number of likely N-dealkylation sites (tertiary alicyclic amines) is 1. The summed E-state index contributed by atoms with van der Waals surface area (Å²) in [4.78, 5) is 5.13. The maximum Gasteiger partial charge on any atom is 0.0331 e. The molecule has 2 rings (SSSR count). The number of hydrogen-bond acceptors (Lipinski definition) is 3. The molecule has 3 nitrogen and oxygen atoms in total. The molecule has 2 aliphatic rings. The Balaban J connectivity index is 2.02. The van der Waals surface area contributed by atoms with Crippen LogP contribution < -0.4 is 5.73 Å². The highest BCUT2D eigenvalue weighted by atomic mass is 15.2. The first kappa shape index (κ1) is 15.3. The standard InChI is InChI=1S/C16H33N3/c1-14-5-4-9-16(13-17,10-6-14)19(3)15-7-11-18(2)12-8-15/h14-15H,4-13,17H2,1-3H3. The van der Waals surface area contributed by atoms with Crippen molar-refractivity contribution in [3.8, 4) is 0 Å². The minimum absolute atomic E-state index is 0.283. The molecule has 1 aliphatic carbocycles. The summed E-state index contributed by atoms with van der Waals surface area (Å²) in [5.74, 6) is 0.888. The van der Waals surface area contributed by atoms with Crippen molar-refractivity contribution in [3.05, 3.63) is 0 Å². The summed E-state index contributed by atoms with van der Waals surface area (Å²) in [5.41, 5.74) is 6.52. The Morgan fingerprint density at radius 3 is 2.47 bits per heavy atom. The molecule has 3 heteroatoms. The zero-order chi connectivity index (χ0) is 13.9. The van der Waals surface area contributed by atoms with Gasteiger partial charge in [0, 0.05) is 18.1 Å². The summed E-state index contributed by atoms with van der Waals surface area (Å²) in [6.07, 6.45) is 9.32. The van der Waals surface area contributed by atoms with E-state index in [0.717, 1.165) is 18.5 Å². The van der Waals surface area contributed by atoms with Crippen molar-refractivity contribution in [2.75, 3.05) is 33.7 Å². The van der Waals surface area contributed by atoms with E-state index in [0.29, 0.717) is 0 Å². The van der Waals surface area contributed by atoms with E-state index in [9.17, 15) is 0 Å². The maximum absolute atomic E-state index is 6.24. The van der Waals surface area contributed by atoms with E-state index in [-0.39, 0.29) is 5.54 Å². The molecule has 2 unspecified atom stereocenters. The Hall–Kier alpha value is -0.120. The molecule has 112 valence electrons. The van der Waals surface area contributed by atoms with E-state index < -0.39 is 0 Å². The third-order valence-electron chi connectivity index (χ3n) is 5.81. The van der Waals surface area contributed by atoms with Gasteiger partial charge in [0.25, 0.3) is 0 Å². The highest BCUT2D eigenvalue weighted by Crippen LogP contribution is 2.36. The summed E-state index contributed by atoms with van der Waals surface area (Å²) in [5, 5.41) is 0. The molecule has 0 aromatic heterocycles. The maximum atomic E-state index is 6.24. The lowest BCUT2D eigenvalue weighted by molar-refractivity contribution is 0.0323. The monoisotopic (exact) mass is 267 g/mol. The summed E-state index contributed by atoms with van der Waals surface area (Å²) >= 11 is 0. The van der Waals surface area contributed by atoms with Crippen molar-refractivity contribution in [3.63, 3.8) is 0 Å². The van der Waals surface area contributed by atoms with Gasteiger partial charge in [0.05, 0.1) is 0 Å². The van der Waals surface area contributed by atoms with Crippen molar-refractivity contribution < 1.29 is 0 Å². The predicted octanol–water partition coefficient (Wildman–Crippen LogP) is 2.31. The Labute approximate surface area is 119 Å². The van der Waals surface area contributed by atoms with Gasteiger partial charge in [-0.05, 0) is 65.2 Å². The van der Waals surface area contributed by atoms with Crippen molar-refractivity contribution in [1.29, 1.82) is 0 Å². The van der Waals surface area contributed by atoms with Gasteiger partial charge in [0.2, 0.25) is 0 Å². The zero-order valence-electron chi connectivity index (χ0n) is 13.2. The fourth-order valence-electron chi connectivity index (χ4n) is 4.03. The molecular formula is C16H33N3. The SMILES string of the molecule is CC1CCCC(CN)(N(C)C2CCN(C)CC2)CC1. The molecule has 1 saturated heterocycles. The molecule has 0 bridgehead atoms. The van der Waals surface area contributed by atoms with Crippen LogP contribution in [0.4, 0.5) is 0 Å². The van der Waals surface area contributed by atoms with Crippen molar-refractivity contribution >= 4 is 0 Å². The third kappa shape index (κ3) is 3.50. The normalized spacial score (nSPS) is 35.5. The lowest BCUT2D eigenvalue weighted by atomic mass is 9.85. The molecule has 0 amide bonds. The third-order valence-corrected chi connectivity index (χ3v) is 5.81. The van der Waals surface area contributed by atoms with Gasteiger partial charge < -0.3 is 10.6 Å². The number of piperidine rings is 1. The molecule has 0 radical (unpaired) electrons. The number of likely N-dealkylation sites (N-methyl/N-ethyl adjacent to an activating group) is 1. The van der Waals surface area contributed by atoms with Crippen LogP contribution in [0.25, 0.3) is 0 Å². The van der Waals surface area contributed by atoms with E-state index in [1.54, 1.807) is 0 Å². The van der Waals surface area contributed by atoms with Gasteiger partial charge in [0.15, 0.2) is 0 Å². The van der Waals surface area contributed by atoms with Gasteiger partial charge in [-0.1, -0.05) is 19.8 Å². The van der Waals surface area contributed by atoms with Crippen molar-refractivity contribution in [2.45, 2.75) is 63.5 Å². The lowest BCUT2D eigenvalue weighted by Gasteiger charge is -2.47. The van der Waals surface area contributed by atoms with Crippen LogP contribution in [-0.2, 0) is 0 Å². The van der Waals surface area contributed by atoms with E-state index in [4.69, 9.17) is 5.73 Å². The molecule has 1 heterocycles. The van der Waals surface area contributed by atoms with E-state index >= 15 is 0 Å². The minimum Gasteiger partial charge on any atom is -0.329 e. The van der Waals surface area contributed by atoms with E-state index in [1.807, 2.05) is 0 Å². The summed E-state index contributed by atoms with van der Waals surface area (Å²) < 4.78 is 0. The first-order valence-electron chi connectivity index (χ1n) is 8.19. The second kappa shape index (κ2) is 6.55. The lowest BCUT2D eigenvalue weighted by Crippen LogP contribution is -2.57. The van der Waals surface area contributed by atoms with Gasteiger partial charge >= 0.3 is 0 Å². The second-order valence-electron chi connectivity index (χ2n) is 7.11. The Morgan fingerprint density at radius 2 is 1.84 bits per heavy atom. The van der Waals surface area contributed by atoms with Crippen molar-refractivity contribution in [1.82, 2.24) is 9.80 Å². The molecule has 1 aliphatic heterocycles. The minimum atomic E-state index is 0.283. The predicted molar refractivity (Wildman–Crippen MR) is 82.3 cm³/mol. The molecule has 1 saturated carbocycles. The van der Waals surface area contributed by atoms with Crippen LogP contribution in [0.2, 0.25) is 0 Å². The van der Waals surface area contributed by atoms with Gasteiger partial charge in [-0.3, -0.25) is 4.90 Å². The van der Waals surface area contributed by atoms with E-state index in [1.165, 1.54) is 58.0 Å². The smallest absolute Gasteiger partial charge is 0.0331 e. The number of nitrogens with zero attached hydrogens (tertiary/aromatic N) is 2. The highest BCUT2D eigenvalue weighted by Gasteiger charge is 2.38. The van der Waals surface area contributed by atoms with Crippen LogP contribution in [0.3, 0.4) is 0 Å². The Morgan fingerprint density at radius 1 is 1.16 bits per heavy atom. The fraction of sp³-hybridized carbons (Fsp3) is 1.00. The topological polar surface area (TPSA) is 32.5 Å². The van der Waals surface area contributed by atoms with Crippen molar-refractivity contribution in [2.24, 2.45) is 11.7 Å². The van der Waals surface area contributed by atoms with Crippen LogP contribution in [0, 0.1) is 5.92 Å². The van der Waals surface area contributed by atoms with Gasteiger partial charge in [0.1, 0.15) is 0 Å². The Bertz CT molecular complexity index is 273. The van der Waals surface area contributed by atoms with Gasteiger partial charge in [-0.15, -0.1) is 0 Å². The average molecular weight is 267 g/mol. The number of nitrogens with two attached hydrogens (primary N) is 1. The molecule has 0 aromatic carbocycles. The summed E-state index contributed by atoms with van der Waals surface area (Å²) in [6, 6.07) is 0.744. The molecule has 2 atom stereocenters. The van der Waals surface area contributed by atoms with Crippen LogP contribution >= 0.6 is 0 Å². The molecule has 19 heavy (non-hydrogen) atoms. The quantitative estimate of drug-likeness (QED) is 0.797.